The molecule has 0 aromatic heterocycles. The van der Waals surface area contributed by atoms with Crippen molar-refractivity contribution in [1.82, 2.24) is 5.43 Å². The van der Waals surface area contributed by atoms with E-state index in [1.807, 2.05) is 85.8 Å². The van der Waals surface area contributed by atoms with Gasteiger partial charge in [0.15, 0.2) is 5.84 Å². The summed E-state index contributed by atoms with van der Waals surface area (Å²) in [5.74, 6) is 1.54. The molecule has 0 saturated carbocycles. The van der Waals surface area contributed by atoms with Crippen LogP contribution in [0, 0.1) is 0 Å². The zero-order valence-corrected chi connectivity index (χ0v) is 14.5. The van der Waals surface area contributed by atoms with Gasteiger partial charge in [-0.3, -0.25) is 5.43 Å². The Morgan fingerprint density at radius 1 is 0.846 bits per heavy atom. The van der Waals surface area contributed by atoms with Gasteiger partial charge in [0, 0.05) is 16.7 Å². The lowest BCUT2D eigenvalue weighted by Gasteiger charge is -2.10. The number of amidine groups is 1. The fraction of sp³-hybridized carbons (Fsp3) is 0.0909. The summed E-state index contributed by atoms with van der Waals surface area (Å²) in [6, 6.07) is 26.0. The van der Waals surface area contributed by atoms with Crippen molar-refractivity contribution in [3.63, 3.8) is 0 Å². The van der Waals surface area contributed by atoms with Crippen LogP contribution in [0.2, 0.25) is 0 Å². The molecular weight excluding hydrogens is 322 g/mol. The van der Waals surface area contributed by atoms with E-state index >= 15 is 0 Å². The van der Waals surface area contributed by atoms with E-state index in [1.165, 1.54) is 0 Å². The van der Waals surface area contributed by atoms with Crippen LogP contribution in [-0.2, 0) is 0 Å². The third kappa shape index (κ3) is 3.22. The van der Waals surface area contributed by atoms with Gasteiger partial charge in [0.1, 0.15) is 11.5 Å². The summed E-state index contributed by atoms with van der Waals surface area (Å²) >= 11 is 0. The lowest BCUT2D eigenvalue weighted by molar-refractivity contribution is 0.340. The average molecular weight is 341 g/mol. The van der Waals surface area contributed by atoms with E-state index in [1.54, 1.807) is 0 Å². The smallest absolute Gasteiger partial charge is 0.154 e. The van der Waals surface area contributed by atoms with Crippen molar-refractivity contribution in [2.24, 2.45) is 10.1 Å². The van der Waals surface area contributed by atoms with Crippen LogP contribution in [0.3, 0.4) is 0 Å². The van der Waals surface area contributed by atoms with Crippen LogP contribution in [0.15, 0.2) is 89.0 Å². The molecule has 0 bridgehead atoms. The molecule has 0 unspecified atom stereocenters. The number of aliphatic imine (C=N–C) groups is 1. The van der Waals surface area contributed by atoms with Crippen molar-refractivity contribution in [3.8, 4) is 5.75 Å². The Hall–Kier alpha value is -3.40. The van der Waals surface area contributed by atoms with Gasteiger partial charge in [0.2, 0.25) is 0 Å². The first kappa shape index (κ1) is 16.1. The molecule has 4 heteroatoms. The topological polar surface area (TPSA) is 46.0 Å². The lowest BCUT2D eigenvalue weighted by Crippen LogP contribution is -2.19. The number of rotatable bonds is 4. The summed E-state index contributed by atoms with van der Waals surface area (Å²) in [6.45, 7) is 2.60. The number of benzene rings is 3. The van der Waals surface area contributed by atoms with Crippen LogP contribution in [-0.4, -0.2) is 18.2 Å². The van der Waals surface area contributed by atoms with E-state index in [-0.39, 0.29) is 0 Å². The molecule has 0 spiro atoms. The molecule has 0 fully saturated rings. The van der Waals surface area contributed by atoms with Crippen LogP contribution < -0.4 is 10.2 Å². The molecule has 1 N–H and O–H groups in total. The van der Waals surface area contributed by atoms with Gasteiger partial charge in [0.25, 0.3) is 0 Å². The molecule has 4 rings (SSSR count). The first-order chi connectivity index (χ1) is 12.8. The van der Waals surface area contributed by atoms with Crippen molar-refractivity contribution in [2.75, 3.05) is 6.61 Å². The average Bonchev–Trinajstić information content (AvgIpc) is 2.89. The second kappa shape index (κ2) is 7.23. The number of hydrogen-bond donors (Lipinski definition) is 1. The summed E-state index contributed by atoms with van der Waals surface area (Å²) in [6.07, 6.45) is 0. The largest absolute Gasteiger partial charge is 0.494 e. The van der Waals surface area contributed by atoms with E-state index in [0.717, 1.165) is 39.7 Å². The van der Waals surface area contributed by atoms with Gasteiger partial charge in [-0.25, -0.2) is 4.99 Å². The zero-order chi connectivity index (χ0) is 17.8. The Bertz CT molecular complexity index is 963. The number of ether oxygens (including phenoxy) is 1. The third-order valence-electron chi connectivity index (χ3n) is 4.13. The Kier molecular flexibility index (Phi) is 4.48. The molecule has 4 nitrogen and oxygen atoms in total. The molecule has 0 atom stereocenters. The molecule has 1 aliphatic heterocycles. The van der Waals surface area contributed by atoms with Crippen LogP contribution in [0.5, 0.6) is 5.75 Å². The quantitative estimate of drug-likeness (QED) is 0.758. The predicted octanol–water partition coefficient (Wildman–Crippen LogP) is 4.52. The molecule has 0 amide bonds. The van der Waals surface area contributed by atoms with Gasteiger partial charge in [-0.1, -0.05) is 60.7 Å². The summed E-state index contributed by atoms with van der Waals surface area (Å²) in [7, 11) is 0. The number of nitrogens with zero attached hydrogens (tertiary/aromatic N) is 2. The van der Waals surface area contributed by atoms with E-state index in [0.29, 0.717) is 6.61 Å². The number of hydrogen-bond acceptors (Lipinski definition) is 4. The van der Waals surface area contributed by atoms with Gasteiger partial charge < -0.3 is 4.74 Å². The minimum absolute atomic E-state index is 0.618. The number of hydrazone groups is 1. The predicted molar refractivity (Wildman–Crippen MR) is 105 cm³/mol. The third-order valence-corrected chi connectivity index (χ3v) is 4.13. The standard InChI is InChI=1S/C22H19N3O/c1-2-26-18-13-14-20-19(15-18)21(16-9-5-3-6-10-16)24-25-22(23-20)17-11-7-4-8-12-17/h3-15H,2H2,1H3,(H,23,25). The highest BCUT2D eigenvalue weighted by atomic mass is 16.5. The fourth-order valence-corrected chi connectivity index (χ4v) is 2.91. The zero-order valence-electron chi connectivity index (χ0n) is 14.5. The van der Waals surface area contributed by atoms with Gasteiger partial charge in [-0.05, 0) is 25.1 Å². The Balaban J connectivity index is 1.86. The van der Waals surface area contributed by atoms with Crippen molar-refractivity contribution in [2.45, 2.75) is 6.92 Å². The number of fused-ring (bicyclic) bond motifs is 1. The van der Waals surface area contributed by atoms with E-state index in [4.69, 9.17) is 9.73 Å². The highest BCUT2D eigenvalue weighted by Crippen LogP contribution is 2.29. The first-order valence-corrected chi connectivity index (χ1v) is 8.65. The minimum atomic E-state index is 0.618. The van der Waals surface area contributed by atoms with Crippen LogP contribution in [0.4, 0.5) is 5.69 Å². The summed E-state index contributed by atoms with van der Waals surface area (Å²) in [5, 5.41) is 4.67. The van der Waals surface area contributed by atoms with E-state index in [2.05, 4.69) is 10.5 Å². The molecule has 128 valence electrons. The molecule has 3 aromatic rings. The molecule has 3 aromatic carbocycles. The second-order valence-corrected chi connectivity index (χ2v) is 5.88. The van der Waals surface area contributed by atoms with Gasteiger partial charge in [-0.2, -0.15) is 5.10 Å². The molecule has 1 heterocycles. The minimum Gasteiger partial charge on any atom is -0.494 e. The van der Waals surface area contributed by atoms with E-state index < -0.39 is 0 Å². The van der Waals surface area contributed by atoms with Crippen LogP contribution >= 0.6 is 0 Å². The van der Waals surface area contributed by atoms with Crippen LogP contribution in [0.1, 0.15) is 23.6 Å². The van der Waals surface area contributed by atoms with Crippen molar-refractivity contribution >= 4 is 17.2 Å². The van der Waals surface area contributed by atoms with Gasteiger partial charge in [-0.15, -0.1) is 0 Å². The highest BCUT2D eigenvalue weighted by molar-refractivity contribution is 6.18. The van der Waals surface area contributed by atoms with Crippen LogP contribution in [0.25, 0.3) is 0 Å². The Morgan fingerprint density at radius 2 is 1.54 bits per heavy atom. The van der Waals surface area contributed by atoms with Gasteiger partial charge in [0.05, 0.1) is 12.3 Å². The Morgan fingerprint density at radius 3 is 2.23 bits per heavy atom. The fourth-order valence-electron chi connectivity index (χ4n) is 2.91. The SMILES string of the molecule is CCOc1ccc2c(c1)C(c1ccccc1)=NNC(c1ccccc1)=N2. The molecular formula is C22H19N3O. The maximum Gasteiger partial charge on any atom is 0.154 e. The normalized spacial score (nSPS) is 13.0. The van der Waals surface area contributed by atoms with Crippen molar-refractivity contribution in [1.29, 1.82) is 0 Å². The maximum absolute atomic E-state index is 5.68. The molecule has 0 aliphatic carbocycles. The Labute approximate surface area is 152 Å². The molecule has 26 heavy (non-hydrogen) atoms. The molecule has 0 saturated heterocycles. The molecule has 1 aliphatic rings. The summed E-state index contributed by atoms with van der Waals surface area (Å²) in [5.41, 5.74) is 7.81. The summed E-state index contributed by atoms with van der Waals surface area (Å²) < 4.78 is 5.68. The molecule has 0 radical (unpaired) electrons. The maximum atomic E-state index is 5.68. The lowest BCUT2D eigenvalue weighted by atomic mass is 10.0. The monoisotopic (exact) mass is 341 g/mol. The number of nitrogens with one attached hydrogen (secondary N) is 1. The summed E-state index contributed by atoms with van der Waals surface area (Å²) in [4.78, 5) is 4.82. The van der Waals surface area contributed by atoms with E-state index in [9.17, 15) is 0 Å². The van der Waals surface area contributed by atoms with Crippen molar-refractivity contribution in [3.05, 3.63) is 95.6 Å². The van der Waals surface area contributed by atoms with Crippen molar-refractivity contribution < 1.29 is 4.74 Å². The second-order valence-electron chi connectivity index (χ2n) is 5.88. The highest BCUT2D eigenvalue weighted by Gasteiger charge is 2.18. The van der Waals surface area contributed by atoms with Gasteiger partial charge >= 0.3 is 0 Å². The first-order valence-electron chi connectivity index (χ1n) is 8.65.